The first-order valence-corrected chi connectivity index (χ1v) is 12.4. The molecule has 1 heterocycles. The molecule has 8 heteroatoms. The molecule has 30 heavy (non-hydrogen) atoms. The van der Waals surface area contributed by atoms with Crippen LogP contribution in [0.4, 0.5) is 5.69 Å². The Morgan fingerprint density at radius 1 is 1.13 bits per heavy atom. The summed E-state index contributed by atoms with van der Waals surface area (Å²) in [6.07, 6.45) is 0.999. The number of halogens is 1. The lowest BCUT2D eigenvalue weighted by Crippen LogP contribution is -2.41. The number of nitrogens with one attached hydrogen (secondary N) is 1. The third kappa shape index (κ3) is 6.06. The van der Waals surface area contributed by atoms with E-state index in [-0.39, 0.29) is 23.7 Å². The van der Waals surface area contributed by atoms with E-state index in [9.17, 15) is 13.2 Å². The van der Waals surface area contributed by atoms with Crippen LogP contribution in [0.1, 0.15) is 32.3 Å². The molecule has 1 N–H and O–H groups in total. The highest BCUT2D eigenvalue weighted by Gasteiger charge is 2.31. The van der Waals surface area contributed by atoms with Crippen LogP contribution in [-0.4, -0.2) is 37.8 Å². The number of carbonyl (C=O) groups excluding carboxylic acids is 1. The van der Waals surface area contributed by atoms with E-state index in [4.69, 9.17) is 4.74 Å². The molecule has 6 nitrogen and oxygen atoms in total. The summed E-state index contributed by atoms with van der Waals surface area (Å²) in [4.78, 5) is 12.7. The fourth-order valence-electron chi connectivity index (χ4n) is 3.44. The first kappa shape index (κ1) is 22.8. The van der Waals surface area contributed by atoms with Gasteiger partial charge in [0.15, 0.2) is 0 Å². The molecule has 162 valence electrons. The molecule has 3 rings (SSSR count). The molecule has 0 bridgehead atoms. The van der Waals surface area contributed by atoms with Crippen molar-refractivity contribution in [2.24, 2.45) is 5.92 Å². The Balaban J connectivity index is 1.57. The number of hydrogen-bond donors (Lipinski definition) is 1. The Kier molecular flexibility index (Phi) is 7.55. The van der Waals surface area contributed by atoms with Crippen molar-refractivity contribution in [3.8, 4) is 5.75 Å². The summed E-state index contributed by atoms with van der Waals surface area (Å²) in [5, 5.41) is 2.95. The lowest BCUT2D eigenvalue weighted by molar-refractivity contribution is -0.120. The molecule has 0 aliphatic carbocycles. The van der Waals surface area contributed by atoms with E-state index in [0.717, 1.165) is 10.0 Å². The maximum Gasteiger partial charge on any atom is 0.227 e. The Labute approximate surface area is 186 Å². The van der Waals surface area contributed by atoms with Crippen LogP contribution in [0.2, 0.25) is 0 Å². The van der Waals surface area contributed by atoms with Crippen LogP contribution in [0.15, 0.2) is 53.0 Å². The van der Waals surface area contributed by atoms with Gasteiger partial charge in [0.2, 0.25) is 15.9 Å². The topological polar surface area (TPSA) is 75.7 Å². The Morgan fingerprint density at radius 3 is 2.40 bits per heavy atom. The lowest BCUT2D eigenvalue weighted by atomic mass is 9.97. The van der Waals surface area contributed by atoms with Gasteiger partial charge in [-0.25, -0.2) is 12.7 Å². The predicted molar refractivity (Wildman–Crippen MR) is 122 cm³/mol. The highest BCUT2D eigenvalue weighted by atomic mass is 79.9. The number of piperidine rings is 1. The molecule has 2 aromatic carbocycles. The number of rotatable bonds is 7. The van der Waals surface area contributed by atoms with Crippen molar-refractivity contribution in [3.63, 3.8) is 0 Å². The first-order chi connectivity index (χ1) is 14.2. The van der Waals surface area contributed by atoms with Crippen molar-refractivity contribution >= 4 is 37.5 Å². The molecular weight excluding hydrogens is 468 g/mol. The van der Waals surface area contributed by atoms with Gasteiger partial charge in [-0.1, -0.05) is 40.2 Å². The number of para-hydroxylation sites is 2. The van der Waals surface area contributed by atoms with Crippen molar-refractivity contribution in [1.29, 1.82) is 0 Å². The largest absolute Gasteiger partial charge is 0.489 e. The zero-order chi connectivity index (χ0) is 21.7. The van der Waals surface area contributed by atoms with Gasteiger partial charge in [-0.05, 0) is 56.5 Å². The number of anilines is 1. The van der Waals surface area contributed by atoms with Crippen molar-refractivity contribution in [2.75, 3.05) is 18.4 Å². The lowest BCUT2D eigenvalue weighted by Gasteiger charge is -2.30. The fraction of sp³-hybridized carbons (Fsp3) is 0.409. The molecule has 0 aromatic heterocycles. The third-order valence-electron chi connectivity index (χ3n) is 4.99. The third-order valence-corrected chi connectivity index (χ3v) is 7.37. The molecule has 1 fully saturated rings. The second kappa shape index (κ2) is 9.94. The molecule has 0 unspecified atom stereocenters. The van der Waals surface area contributed by atoms with Crippen LogP contribution in [0, 0.1) is 5.92 Å². The molecule has 0 spiro atoms. The van der Waals surface area contributed by atoms with Crippen molar-refractivity contribution in [1.82, 2.24) is 4.31 Å². The van der Waals surface area contributed by atoms with Gasteiger partial charge in [0.05, 0.1) is 17.5 Å². The minimum absolute atomic E-state index is 0.00206. The van der Waals surface area contributed by atoms with Crippen molar-refractivity contribution in [2.45, 2.75) is 38.5 Å². The van der Waals surface area contributed by atoms with E-state index in [0.29, 0.717) is 37.4 Å². The Morgan fingerprint density at radius 2 is 1.77 bits per heavy atom. The second-order valence-electron chi connectivity index (χ2n) is 7.71. The van der Waals surface area contributed by atoms with E-state index < -0.39 is 10.0 Å². The molecule has 1 saturated heterocycles. The van der Waals surface area contributed by atoms with Gasteiger partial charge in [0.25, 0.3) is 0 Å². The number of benzene rings is 2. The zero-order valence-corrected chi connectivity index (χ0v) is 19.6. The van der Waals surface area contributed by atoms with E-state index in [1.165, 1.54) is 4.31 Å². The number of hydrogen-bond acceptors (Lipinski definition) is 4. The second-order valence-corrected chi connectivity index (χ2v) is 10.6. The summed E-state index contributed by atoms with van der Waals surface area (Å²) in [6.45, 7) is 4.56. The standard InChI is InChI=1S/C22H27BrN2O4S/c1-16(2)29-21-6-4-3-5-20(21)24-22(26)18-11-13-25(14-12-18)30(27,28)15-17-7-9-19(23)10-8-17/h3-10,16,18H,11-15H2,1-2H3,(H,24,26). The monoisotopic (exact) mass is 494 g/mol. The molecule has 2 aromatic rings. The average Bonchev–Trinajstić information content (AvgIpc) is 2.71. The van der Waals surface area contributed by atoms with Crippen molar-refractivity contribution < 1.29 is 17.9 Å². The molecule has 1 aliphatic rings. The summed E-state index contributed by atoms with van der Waals surface area (Å²) in [5.41, 5.74) is 1.39. The zero-order valence-electron chi connectivity index (χ0n) is 17.2. The summed E-state index contributed by atoms with van der Waals surface area (Å²) >= 11 is 3.36. The van der Waals surface area contributed by atoms with Crippen LogP contribution in [0.5, 0.6) is 5.75 Å². The van der Waals surface area contributed by atoms with E-state index in [1.54, 1.807) is 12.1 Å². The molecule has 0 radical (unpaired) electrons. The highest BCUT2D eigenvalue weighted by Crippen LogP contribution is 2.28. The van der Waals surface area contributed by atoms with Crippen LogP contribution < -0.4 is 10.1 Å². The van der Waals surface area contributed by atoms with E-state index >= 15 is 0 Å². The summed E-state index contributed by atoms with van der Waals surface area (Å²) < 4.78 is 33.7. The molecule has 1 amide bonds. The SMILES string of the molecule is CC(C)Oc1ccccc1NC(=O)C1CCN(S(=O)(=O)Cc2ccc(Br)cc2)CC1. The van der Waals surface area contributed by atoms with Crippen LogP contribution in [0.25, 0.3) is 0 Å². The Bertz CT molecular complexity index is 969. The van der Waals surface area contributed by atoms with Crippen molar-refractivity contribution in [3.05, 3.63) is 58.6 Å². The van der Waals surface area contributed by atoms with Gasteiger partial charge in [0.1, 0.15) is 5.75 Å². The summed E-state index contributed by atoms with van der Waals surface area (Å²) in [7, 11) is -3.41. The predicted octanol–water partition coefficient (Wildman–Crippen LogP) is 4.42. The van der Waals surface area contributed by atoms with Crippen LogP contribution in [0.3, 0.4) is 0 Å². The van der Waals surface area contributed by atoms with Gasteiger partial charge in [-0.3, -0.25) is 4.79 Å². The number of carbonyl (C=O) groups is 1. The van der Waals surface area contributed by atoms with E-state index in [2.05, 4.69) is 21.2 Å². The number of ether oxygens (including phenoxy) is 1. The minimum atomic E-state index is -3.41. The normalized spacial score (nSPS) is 15.9. The van der Waals surface area contributed by atoms with Gasteiger partial charge < -0.3 is 10.1 Å². The molecule has 0 saturated carbocycles. The van der Waals surface area contributed by atoms with E-state index in [1.807, 2.05) is 50.2 Å². The molecule has 0 atom stereocenters. The molecule has 1 aliphatic heterocycles. The van der Waals surface area contributed by atoms with Gasteiger partial charge in [-0.2, -0.15) is 0 Å². The van der Waals surface area contributed by atoms with Gasteiger partial charge >= 0.3 is 0 Å². The number of nitrogens with zero attached hydrogens (tertiary/aromatic N) is 1. The molecular formula is C22H27BrN2O4S. The average molecular weight is 495 g/mol. The maximum atomic E-state index is 12.8. The van der Waals surface area contributed by atoms with Gasteiger partial charge in [0, 0.05) is 23.5 Å². The quantitative estimate of drug-likeness (QED) is 0.617. The fourth-order valence-corrected chi connectivity index (χ4v) is 5.27. The first-order valence-electron chi connectivity index (χ1n) is 10.0. The van der Waals surface area contributed by atoms with Crippen LogP contribution in [-0.2, 0) is 20.6 Å². The Hall–Kier alpha value is -1.90. The van der Waals surface area contributed by atoms with Crippen LogP contribution >= 0.6 is 15.9 Å². The minimum Gasteiger partial charge on any atom is -0.489 e. The number of sulfonamides is 1. The smallest absolute Gasteiger partial charge is 0.227 e. The summed E-state index contributed by atoms with van der Waals surface area (Å²) in [6, 6.07) is 14.6. The maximum absolute atomic E-state index is 12.8. The van der Waals surface area contributed by atoms with Gasteiger partial charge in [-0.15, -0.1) is 0 Å². The summed E-state index contributed by atoms with van der Waals surface area (Å²) in [5.74, 6) is 0.281. The highest BCUT2D eigenvalue weighted by molar-refractivity contribution is 9.10. The number of amides is 1.